The second-order valence-corrected chi connectivity index (χ2v) is 3.16. The van der Waals surface area contributed by atoms with Gasteiger partial charge < -0.3 is 0 Å². The zero-order chi connectivity index (χ0) is 7.02. The Hall–Kier alpha value is 0.235. The Morgan fingerprint density at radius 1 is 1.56 bits per heavy atom. The molecule has 0 fully saturated rings. The monoisotopic (exact) mass is 248 g/mol. The van der Waals surface area contributed by atoms with Crippen LogP contribution in [0.4, 0.5) is 0 Å². The average molecular weight is 250 g/mol. The van der Waals surface area contributed by atoms with Gasteiger partial charge in [0.15, 0.2) is 0 Å². The first-order valence-electron chi connectivity index (χ1n) is 2.26. The lowest BCUT2D eigenvalue weighted by atomic mass is 10.1. The van der Waals surface area contributed by atoms with Crippen molar-refractivity contribution in [1.82, 2.24) is 9.78 Å². The highest BCUT2D eigenvalue weighted by Gasteiger charge is 2.04. The minimum atomic E-state index is 0.504. The van der Waals surface area contributed by atoms with Crippen LogP contribution in [0.25, 0.3) is 0 Å². The van der Waals surface area contributed by atoms with Gasteiger partial charge in [0, 0.05) is 12.6 Å². The number of hydrogen-bond acceptors (Lipinski definition) is 1. The van der Waals surface area contributed by atoms with E-state index in [0.29, 0.717) is 5.59 Å². The Bertz CT molecular complexity index is 210. The van der Waals surface area contributed by atoms with Crippen LogP contribution in [0, 0.1) is 0 Å². The molecule has 2 nitrogen and oxygen atoms in total. The maximum Gasteiger partial charge on any atom is 0.146 e. The number of hydrogen-bond donors (Lipinski definition) is 0. The van der Waals surface area contributed by atoms with Crippen molar-refractivity contribution >= 4 is 45.3 Å². The Morgan fingerprint density at radius 2 is 2.11 bits per heavy atom. The van der Waals surface area contributed by atoms with Gasteiger partial charge in [-0.1, -0.05) is 0 Å². The smallest absolute Gasteiger partial charge is 0.146 e. The van der Waals surface area contributed by atoms with Gasteiger partial charge in [-0.3, -0.25) is 4.68 Å². The van der Waals surface area contributed by atoms with Gasteiger partial charge in [0.2, 0.25) is 0 Å². The summed E-state index contributed by atoms with van der Waals surface area (Å²) in [7, 11) is 7.24. The molecule has 0 bridgehead atoms. The molecule has 0 N–H and O–H groups in total. The lowest BCUT2D eigenvalue weighted by Crippen LogP contribution is -2.06. The van der Waals surface area contributed by atoms with E-state index in [0.717, 1.165) is 9.08 Å². The van der Waals surface area contributed by atoms with Gasteiger partial charge in [-0.15, -0.1) is 0 Å². The van der Waals surface area contributed by atoms with Crippen molar-refractivity contribution in [3.8, 4) is 0 Å². The minimum absolute atomic E-state index is 0.504. The molecule has 1 rings (SSSR count). The van der Waals surface area contributed by atoms with Gasteiger partial charge in [0.1, 0.15) is 12.4 Å². The van der Waals surface area contributed by atoms with Crippen LogP contribution >= 0.6 is 31.9 Å². The summed E-state index contributed by atoms with van der Waals surface area (Å²) in [6, 6.07) is 0. The summed E-state index contributed by atoms with van der Waals surface area (Å²) < 4.78 is 3.32. The fourth-order valence-corrected chi connectivity index (χ4v) is 1.12. The Kier molecular flexibility index (Phi) is 2.01. The predicted molar refractivity (Wildman–Crippen MR) is 44.0 cm³/mol. The van der Waals surface area contributed by atoms with Crippen LogP contribution in [-0.2, 0) is 7.05 Å². The fourth-order valence-electron chi connectivity index (χ4n) is 0.497. The highest BCUT2D eigenvalue weighted by molar-refractivity contribution is 9.13. The molecule has 0 unspecified atom stereocenters. The van der Waals surface area contributed by atoms with E-state index in [9.17, 15) is 0 Å². The maximum absolute atomic E-state index is 5.43. The van der Waals surface area contributed by atoms with Crippen LogP contribution in [0.15, 0.2) is 9.08 Å². The van der Waals surface area contributed by atoms with E-state index in [2.05, 4.69) is 37.0 Å². The quantitative estimate of drug-likeness (QED) is 0.620. The molecule has 0 saturated carbocycles. The first-order chi connectivity index (χ1) is 4.13. The van der Waals surface area contributed by atoms with E-state index in [4.69, 9.17) is 7.85 Å². The first-order valence-corrected chi connectivity index (χ1v) is 3.85. The second-order valence-electron chi connectivity index (χ2n) is 1.61. The molecule has 0 aliphatic rings. The number of nitrogens with zero attached hydrogens (tertiary/aromatic N) is 2. The van der Waals surface area contributed by atoms with Gasteiger partial charge in [-0.05, 0) is 31.9 Å². The standard InChI is InChI=1S/C4H3BBr2N2/c1-9-4(7)2(6)3(5)8-9/h1H3. The van der Waals surface area contributed by atoms with Crippen molar-refractivity contribution < 1.29 is 0 Å². The van der Waals surface area contributed by atoms with E-state index in [-0.39, 0.29) is 0 Å². The molecular weight excluding hydrogens is 247 g/mol. The van der Waals surface area contributed by atoms with Crippen LogP contribution in [0.1, 0.15) is 0 Å². The molecule has 2 radical (unpaired) electrons. The van der Waals surface area contributed by atoms with E-state index in [1.807, 2.05) is 7.05 Å². The zero-order valence-electron chi connectivity index (χ0n) is 4.73. The van der Waals surface area contributed by atoms with Crippen LogP contribution in [0.3, 0.4) is 0 Å². The third-order valence-corrected chi connectivity index (χ3v) is 3.17. The molecule has 0 aromatic carbocycles. The molecule has 0 saturated heterocycles. The van der Waals surface area contributed by atoms with Gasteiger partial charge in [-0.25, -0.2) is 0 Å². The molecule has 46 valence electrons. The molecule has 0 atom stereocenters. The molecule has 9 heavy (non-hydrogen) atoms. The van der Waals surface area contributed by atoms with Gasteiger partial charge in [0.25, 0.3) is 0 Å². The third-order valence-electron chi connectivity index (χ3n) is 0.948. The average Bonchev–Trinajstić information content (AvgIpc) is 1.98. The summed E-state index contributed by atoms with van der Waals surface area (Å²) in [6.45, 7) is 0. The van der Waals surface area contributed by atoms with Crippen molar-refractivity contribution in [1.29, 1.82) is 0 Å². The second kappa shape index (κ2) is 2.46. The van der Waals surface area contributed by atoms with Gasteiger partial charge >= 0.3 is 0 Å². The van der Waals surface area contributed by atoms with Crippen molar-refractivity contribution in [3.05, 3.63) is 9.08 Å². The minimum Gasteiger partial charge on any atom is -0.261 e. The van der Waals surface area contributed by atoms with Crippen LogP contribution in [0.2, 0.25) is 0 Å². The Morgan fingerprint density at radius 3 is 2.22 bits per heavy atom. The largest absolute Gasteiger partial charge is 0.261 e. The summed E-state index contributed by atoms with van der Waals surface area (Å²) >= 11 is 6.52. The summed E-state index contributed by atoms with van der Waals surface area (Å²) in [6.07, 6.45) is 0. The summed E-state index contributed by atoms with van der Waals surface area (Å²) in [5.41, 5.74) is 0.504. The van der Waals surface area contributed by atoms with E-state index >= 15 is 0 Å². The lowest BCUT2D eigenvalue weighted by molar-refractivity contribution is 0.756. The predicted octanol–water partition coefficient (Wildman–Crippen LogP) is 0.739. The third kappa shape index (κ3) is 1.21. The number of rotatable bonds is 0. The number of aryl methyl sites for hydroxylation is 1. The van der Waals surface area contributed by atoms with Crippen molar-refractivity contribution in [3.63, 3.8) is 0 Å². The molecule has 1 aromatic heterocycles. The molecule has 1 aromatic rings. The SMILES string of the molecule is [B]c1nn(C)c(Br)c1Br. The van der Waals surface area contributed by atoms with E-state index < -0.39 is 0 Å². The van der Waals surface area contributed by atoms with Crippen molar-refractivity contribution in [2.45, 2.75) is 0 Å². The maximum atomic E-state index is 5.43. The fraction of sp³-hybridized carbons (Fsp3) is 0.250. The Labute approximate surface area is 71.3 Å². The zero-order valence-corrected chi connectivity index (χ0v) is 7.90. The molecule has 0 amide bonds. The normalized spacial score (nSPS) is 10.1. The molecule has 5 heteroatoms. The highest BCUT2D eigenvalue weighted by atomic mass is 79.9. The molecule has 1 heterocycles. The summed E-state index contributed by atoms with van der Waals surface area (Å²) in [4.78, 5) is 0. The van der Waals surface area contributed by atoms with Gasteiger partial charge in [-0.2, -0.15) is 5.10 Å². The van der Waals surface area contributed by atoms with Crippen LogP contribution in [0.5, 0.6) is 0 Å². The van der Waals surface area contributed by atoms with Gasteiger partial charge in [0.05, 0.1) is 4.47 Å². The molecule has 0 aliphatic carbocycles. The van der Waals surface area contributed by atoms with Crippen LogP contribution < -0.4 is 5.59 Å². The first kappa shape index (κ1) is 7.34. The molecule has 0 aliphatic heterocycles. The summed E-state index contributed by atoms with van der Waals surface area (Å²) in [5.74, 6) is 0. The molecule has 0 spiro atoms. The van der Waals surface area contributed by atoms with Crippen molar-refractivity contribution in [2.24, 2.45) is 7.05 Å². The summed E-state index contributed by atoms with van der Waals surface area (Å²) in [5, 5.41) is 3.91. The van der Waals surface area contributed by atoms with Crippen LogP contribution in [-0.4, -0.2) is 17.6 Å². The highest BCUT2D eigenvalue weighted by Crippen LogP contribution is 2.18. The number of halogens is 2. The number of aromatic nitrogens is 2. The Balaban J connectivity index is 3.29. The van der Waals surface area contributed by atoms with E-state index in [1.165, 1.54) is 0 Å². The molecular formula is C4H3BBr2N2. The van der Waals surface area contributed by atoms with Crippen molar-refractivity contribution in [2.75, 3.05) is 0 Å². The lowest BCUT2D eigenvalue weighted by Gasteiger charge is -1.87. The topological polar surface area (TPSA) is 17.8 Å². The van der Waals surface area contributed by atoms with E-state index in [1.54, 1.807) is 4.68 Å².